The minimum Gasteiger partial charge on any atom is -0.357 e. The second-order valence-corrected chi connectivity index (χ2v) is 4.97. The Balaban J connectivity index is 2.02. The van der Waals surface area contributed by atoms with Gasteiger partial charge in [-0.2, -0.15) is 5.10 Å². The fourth-order valence-corrected chi connectivity index (χ4v) is 2.21. The van der Waals surface area contributed by atoms with Gasteiger partial charge < -0.3 is 10.6 Å². The molecule has 2 N–H and O–H groups in total. The Morgan fingerprint density at radius 3 is 2.59 bits per heavy atom. The Labute approximate surface area is 131 Å². The van der Waals surface area contributed by atoms with Crippen molar-refractivity contribution in [1.82, 2.24) is 25.4 Å². The molecule has 2 rings (SSSR count). The Morgan fingerprint density at radius 2 is 1.95 bits per heavy atom. The summed E-state index contributed by atoms with van der Waals surface area (Å²) in [6, 6.07) is 8.42. The number of rotatable bonds is 6. The molecule has 0 aliphatic rings. The van der Waals surface area contributed by atoms with E-state index in [-0.39, 0.29) is 0 Å². The maximum absolute atomic E-state index is 4.66. The maximum atomic E-state index is 4.66. The van der Waals surface area contributed by atoms with Crippen LogP contribution in [0.25, 0.3) is 0 Å². The van der Waals surface area contributed by atoms with Gasteiger partial charge in [0.05, 0.1) is 13.1 Å². The summed E-state index contributed by atoms with van der Waals surface area (Å²) in [7, 11) is 1.88. The molecule has 1 heterocycles. The van der Waals surface area contributed by atoms with E-state index in [0.29, 0.717) is 13.1 Å². The lowest BCUT2D eigenvalue weighted by molar-refractivity contribution is 0.673. The molecule has 118 valence electrons. The van der Waals surface area contributed by atoms with E-state index in [1.807, 2.05) is 7.05 Å². The number of guanidine groups is 1. The van der Waals surface area contributed by atoms with Crippen LogP contribution < -0.4 is 10.6 Å². The number of hydrogen-bond acceptors (Lipinski definition) is 3. The summed E-state index contributed by atoms with van der Waals surface area (Å²) in [6.45, 7) is 6.30. The lowest BCUT2D eigenvalue weighted by Crippen LogP contribution is -2.37. The van der Waals surface area contributed by atoms with Gasteiger partial charge in [-0.3, -0.25) is 4.68 Å². The van der Waals surface area contributed by atoms with E-state index in [2.05, 4.69) is 63.8 Å². The van der Waals surface area contributed by atoms with Gasteiger partial charge in [0, 0.05) is 13.6 Å². The van der Waals surface area contributed by atoms with E-state index >= 15 is 0 Å². The summed E-state index contributed by atoms with van der Waals surface area (Å²) >= 11 is 0. The fourth-order valence-electron chi connectivity index (χ4n) is 2.21. The van der Waals surface area contributed by atoms with Gasteiger partial charge in [0.1, 0.15) is 12.2 Å². The van der Waals surface area contributed by atoms with Gasteiger partial charge in [0.25, 0.3) is 0 Å². The third-order valence-corrected chi connectivity index (χ3v) is 3.47. The Morgan fingerprint density at radius 1 is 1.18 bits per heavy atom. The third-order valence-electron chi connectivity index (χ3n) is 3.47. The number of aromatic nitrogens is 3. The highest BCUT2D eigenvalue weighted by Gasteiger charge is 2.03. The summed E-state index contributed by atoms with van der Waals surface area (Å²) in [4.78, 5) is 8.86. The zero-order chi connectivity index (χ0) is 15.8. The van der Waals surface area contributed by atoms with Crippen LogP contribution in [-0.4, -0.2) is 27.3 Å². The quantitative estimate of drug-likeness (QED) is 0.628. The number of benzene rings is 1. The van der Waals surface area contributed by atoms with Gasteiger partial charge >= 0.3 is 0 Å². The molecule has 0 spiro atoms. The minimum atomic E-state index is 0.595. The summed E-state index contributed by atoms with van der Waals surface area (Å²) in [5.74, 6) is 1.66. The van der Waals surface area contributed by atoms with Crippen molar-refractivity contribution in [1.29, 1.82) is 0 Å². The lowest BCUT2D eigenvalue weighted by atomic mass is 10.1. The van der Waals surface area contributed by atoms with Gasteiger partial charge in [-0.15, -0.1) is 0 Å². The zero-order valence-electron chi connectivity index (χ0n) is 13.5. The summed E-state index contributed by atoms with van der Waals surface area (Å²) < 4.78 is 1.75. The SMILES string of the molecule is CCNC(=NCc1ccccc1CC)NCc1ncnn1C. The van der Waals surface area contributed by atoms with Crippen LogP contribution in [0, 0.1) is 0 Å². The molecule has 2 aromatic rings. The van der Waals surface area contributed by atoms with Crippen LogP contribution in [0.5, 0.6) is 0 Å². The largest absolute Gasteiger partial charge is 0.357 e. The first-order valence-corrected chi connectivity index (χ1v) is 7.66. The highest BCUT2D eigenvalue weighted by molar-refractivity contribution is 5.79. The van der Waals surface area contributed by atoms with Gasteiger partial charge in [-0.05, 0) is 24.5 Å². The molecule has 1 aromatic carbocycles. The van der Waals surface area contributed by atoms with Crippen LogP contribution in [0.2, 0.25) is 0 Å². The monoisotopic (exact) mass is 300 g/mol. The lowest BCUT2D eigenvalue weighted by Gasteiger charge is -2.11. The van der Waals surface area contributed by atoms with E-state index < -0.39 is 0 Å². The third kappa shape index (κ3) is 4.31. The van der Waals surface area contributed by atoms with Gasteiger partial charge in [0.15, 0.2) is 5.96 Å². The standard InChI is InChI=1S/C16H24N6/c1-4-13-8-6-7-9-14(13)10-18-16(17-5-2)19-11-15-20-12-21-22(15)3/h6-9,12H,4-5,10-11H2,1-3H3,(H2,17,18,19). The van der Waals surface area contributed by atoms with Crippen LogP contribution in [0.4, 0.5) is 0 Å². The van der Waals surface area contributed by atoms with Crippen molar-refractivity contribution in [2.75, 3.05) is 6.54 Å². The van der Waals surface area contributed by atoms with E-state index in [1.165, 1.54) is 11.1 Å². The Bertz CT molecular complexity index is 617. The fraction of sp³-hybridized carbons (Fsp3) is 0.438. The second kappa shape index (κ2) is 8.17. The van der Waals surface area contributed by atoms with Gasteiger partial charge in [-0.1, -0.05) is 31.2 Å². The zero-order valence-corrected chi connectivity index (χ0v) is 13.5. The second-order valence-electron chi connectivity index (χ2n) is 4.97. The predicted molar refractivity (Wildman–Crippen MR) is 88.5 cm³/mol. The van der Waals surface area contributed by atoms with E-state index in [0.717, 1.165) is 24.7 Å². The molecule has 0 unspecified atom stereocenters. The molecule has 1 aromatic heterocycles. The van der Waals surface area contributed by atoms with Crippen LogP contribution in [-0.2, 0) is 26.6 Å². The van der Waals surface area contributed by atoms with Crippen molar-refractivity contribution in [2.45, 2.75) is 33.4 Å². The number of aliphatic imine (C=N–C) groups is 1. The predicted octanol–water partition coefficient (Wildman–Crippen LogP) is 1.63. The first-order valence-electron chi connectivity index (χ1n) is 7.66. The minimum absolute atomic E-state index is 0.595. The molecular weight excluding hydrogens is 276 g/mol. The van der Waals surface area contributed by atoms with E-state index in [1.54, 1.807) is 11.0 Å². The molecule has 0 bridgehead atoms. The first-order chi connectivity index (χ1) is 10.7. The van der Waals surface area contributed by atoms with Crippen molar-refractivity contribution in [3.63, 3.8) is 0 Å². The van der Waals surface area contributed by atoms with Crippen molar-refractivity contribution >= 4 is 5.96 Å². The number of nitrogens with zero attached hydrogens (tertiary/aromatic N) is 4. The average molecular weight is 300 g/mol. The molecule has 6 heteroatoms. The normalized spacial score (nSPS) is 11.5. The van der Waals surface area contributed by atoms with Gasteiger partial charge in [-0.25, -0.2) is 9.98 Å². The average Bonchev–Trinajstić information content (AvgIpc) is 2.95. The van der Waals surface area contributed by atoms with Crippen molar-refractivity contribution in [3.05, 3.63) is 47.5 Å². The molecule has 0 fully saturated rings. The van der Waals surface area contributed by atoms with Crippen LogP contribution in [0.1, 0.15) is 30.8 Å². The molecule has 6 nitrogen and oxygen atoms in total. The molecule has 0 aliphatic carbocycles. The molecule has 0 atom stereocenters. The van der Waals surface area contributed by atoms with E-state index in [4.69, 9.17) is 0 Å². The topological polar surface area (TPSA) is 67.1 Å². The summed E-state index contributed by atoms with van der Waals surface area (Å²) in [5.41, 5.74) is 2.61. The highest BCUT2D eigenvalue weighted by Crippen LogP contribution is 2.10. The van der Waals surface area contributed by atoms with Crippen LogP contribution in [0.15, 0.2) is 35.6 Å². The molecule has 22 heavy (non-hydrogen) atoms. The van der Waals surface area contributed by atoms with Crippen molar-refractivity contribution < 1.29 is 0 Å². The van der Waals surface area contributed by atoms with Crippen molar-refractivity contribution in [3.8, 4) is 0 Å². The summed E-state index contributed by atoms with van der Waals surface area (Å²) in [6.07, 6.45) is 2.58. The van der Waals surface area contributed by atoms with Gasteiger partial charge in [0.2, 0.25) is 0 Å². The number of nitrogens with one attached hydrogen (secondary N) is 2. The van der Waals surface area contributed by atoms with Crippen LogP contribution >= 0.6 is 0 Å². The molecule has 0 amide bonds. The Hall–Kier alpha value is -2.37. The van der Waals surface area contributed by atoms with E-state index in [9.17, 15) is 0 Å². The first kappa shape index (κ1) is 16.0. The van der Waals surface area contributed by atoms with Crippen molar-refractivity contribution in [2.24, 2.45) is 12.0 Å². The molecule has 0 saturated heterocycles. The number of hydrogen-bond donors (Lipinski definition) is 2. The maximum Gasteiger partial charge on any atom is 0.191 e. The molecule has 0 aliphatic heterocycles. The molecule has 0 saturated carbocycles. The Kier molecular flexibility index (Phi) is 5.94. The number of aryl methyl sites for hydroxylation is 2. The molecular formula is C16H24N6. The molecule has 0 radical (unpaired) electrons. The smallest absolute Gasteiger partial charge is 0.191 e. The van der Waals surface area contributed by atoms with Crippen LogP contribution in [0.3, 0.4) is 0 Å². The summed E-state index contributed by atoms with van der Waals surface area (Å²) in [5, 5.41) is 10.6. The highest BCUT2D eigenvalue weighted by atomic mass is 15.3.